The lowest BCUT2D eigenvalue weighted by atomic mass is 10.1. The smallest absolute Gasteiger partial charge is 0.0693 e. The van der Waals surface area contributed by atoms with Crippen LogP contribution in [0, 0.1) is 0 Å². The lowest BCUT2D eigenvalue weighted by Gasteiger charge is -2.13. The van der Waals surface area contributed by atoms with Gasteiger partial charge in [-0.2, -0.15) is 0 Å². The Morgan fingerprint density at radius 2 is 2.55 bits per heavy atom. The predicted octanol–water partition coefficient (Wildman–Crippen LogP) is 0.886. The van der Waals surface area contributed by atoms with Gasteiger partial charge in [0, 0.05) is 18.0 Å². The monoisotopic (exact) mass is 169 g/mol. The van der Waals surface area contributed by atoms with Gasteiger partial charge in [0.15, 0.2) is 0 Å². The van der Waals surface area contributed by atoms with Gasteiger partial charge >= 0.3 is 0 Å². The third-order valence-corrected chi connectivity index (χ3v) is 3.21. The zero-order valence-corrected chi connectivity index (χ0v) is 7.08. The maximum Gasteiger partial charge on any atom is 0.0693 e. The van der Waals surface area contributed by atoms with Gasteiger partial charge in [-0.25, -0.2) is 0 Å². The van der Waals surface area contributed by atoms with Crippen LogP contribution in [0.5, 0.6) is 0 Å². The quantitative estimate of drug-likeness (QED) is 0.654. The van der Waals surface area contributed by atoms with Crippen molar-refractivity contribution in [2.45, 2.75) is 19.6 Å². The first-order chi connectivity index (χ1) is 5.42. The highest BCUT2D eigenvalue weighted by Gasteiger charge is 2.13. The first-order valence-corrected chi connectivity index (χ1v) is 4.69. The summed E-state index contributed by atoms with van der Waals surface area (Å²) in [7, 11) is 0. The van der Waals surface area contributed by atoms with E-state index < -0.39 is 0 Å². The minimum atomic E-state index is 0.188. The summed E-state index contributed by atoms with van der Waals surface area (Å²) in [6.45, 7) is 2.21. The molecule has 0 saturated carbocycles. The summed E-state index contributed by atoms with van der Waals surface area (Å²) in [6.07, 6.45) is 1.12. The fourth-order valence-corrected chi connectivity index (χ4v) is 2.50. The first kappa shape index (κ1) is 7.28. The van der Waals surface area contributed by atoms with Crippen molar-refractivity contribution in [1.29, 1.82) is 0 Å². The Balaban J connectivity index is 2.38. The molecule has 2 nitrogen and oxygen atoms in total. The molecule has 0 atom stereocenters. The number of thiophene rings is 1. The molecule has 0 bridgehead atoms. The maximum absolute atomic E-state index is 8.96. The van der Waals surface area contributed by atoms with Crippen LogP contribution in [0.4, 0.5) is 0 Å². The zero-order valence-electron chi connectivity index (χ0n) is 6.26. The van der Waals surface area contributed by atoms with Gasteiger partial charge in [-0.15, -0.1) is 11.3 Å². The second-order valence-corrected chi connectivity index (χ2v) is 3.71. The largest absolute Gasteiger partial charge is 0.392 e. The van der Waals surface area contributed by atoms with E-state index in [2.05, 4.69) is 10.7 Å². The standard InChI is InChI=1S/C8H11NOS/c10-4-6-5-11-8-1-2-9-3-7(6)8/h5,9-10H,1-4H2. The molecular weight excluding hydrogens is 158 g/mol. The molecule has 2 rings (SSSR count). The molecule has 1 aliphatic rings. The van der Waals surface area contributed by atoms with E-state index in [0.717, 1.165) is 25.1 Å². The molecular formula is C8H11NOS. The average molecular weight is 169 g/mol. The molecule has 1 aromatic heterocycles. The molecule has 0 fully saturated rings. The molecule has 0 radical (unpaired) electrons. The Morgan fingerprint density at radius 3 is 3.36 bits per heavy atom. The van der Waals surface area contributed by atoms with Gasteiger partial charge in [0.2, 0.25) is 0 Å². The van der Waals surface area contributed by atoms with Gasteiger partial charge in [0.05, 0.1) is 6.61 Å². The van der Waals surface area contributed by atoms with E-state index in [1.165, 1.54) is 10.4 Å². The Hall–Kier alpha value is -0.380. The number of hydrogen-bond donors (Lipinski definition) is 2. The Morgan fingerprint density at radius 1 is 1.64 bits per heavy atom. The van der Waals surface area contributed by atoms with Crippen LogP contribution in [0.15, 0.2) is 5.38 Å². The fraction of sp³-hybridized carbons (Fsp3) is 0.500. The number of aliphatic hydroxyl groups excluding tert-OH is 1. The SMILES string of the molecule is OCc1csc2c1CNCC2. The molecule has 0 amide bonds. The summed E-state index contributed by atoms with van der Waals surface area (Å²) in [5, 5.41) is 14.3. The Labute approximate surface area is 69.9 Å². The molecule has 2 heterocycles. The second-order valence-electron chi connectivity index (χ2n) is 2.75. The summed E-state index contributed by atoms with van der Waals surface area (Å²) in [5.74, 6) is 0. The number of fused-ring (bicyclic) bond motifs is 1. The van der Waals surface area contributed by atoms with Crippen molar-refractivity contribution in [2.24, 2.45) is 0 Å². The Bertz CT molecular complexity index is 243. The van der Waals surface area contributed by atoms with Crippen molar-refractivity contribution in [3.8, 4) is 0 Å². The lowest BCUT2D eigenvalue weighted by molar-refractivity contribution is 0.280. The molecule has 11 heavy (non-hydrogen) atoms. The highest BCUT2D eigenvalue weighted by Crippen LogP contribution is 2.25. The van der Waals surface area contributed by atoms with Crippen molar-refractivity contribution >= 4 is 11.3 Å². The van der Waals surface area contributed by atoms with Crippen LogP contribution >= 0.6 is 11.3 Å². The van der Waals surface area contributed by atoms with Gasteiger partial charge in [0.25, 0.3) is 0 Å². The van der Waals surface area contributed by atoms with Crippen molar-refractivity contribution in [3.63, 3.8) is 0 Å². The van der Waals surface area contributed by atoms with Crippen LogP contribution in [-0.4, -0.2) is 11.7 Å². The maximum atomic E-state index is 8.96. The fourth-order valence-electron chi connectivity index (χ4n) is 1.43. The normalized spacial score (nSPS) is 16.5. The van der Waals surface area contributed by atoms with Gasteiger partial charge in [-0.3, -0.25) is 0 Å². The topological polar surface area (TPSA) is 32.3 Å². The highest BCUT2D eigenvalue weighted by molar-refractivity contribution is 7.10. The number of rotatable bonds is 1. The van der Waals surface area contributed by atoms with Crippen LogP contribution in [0.3, 0.4) is 0 Å². The van der Waals surface area contributed by atoms with Crippen LogP contribution < -0.4 is 5.32 Å². The molecule has 0 aromatic carbocycles. The van der Waals surface area contributed by atoms with Gasteiger partial charge in [-0.1, -0.05) is 0 Å². The van der Waals surface area contributed by atoms with Crippen molar-refractivity contribution in [1.82, 2.24) is 5.32 Å². The number of aliphatic hydroxyl groups is 1. The van der Waals surface area contributed by atoms with E-state index >= 15 is 0 Å². The molecule has 1 aliphatic heterocycles. The number of nitrogens with one attached hydrogen (secondary N) is 1. The van der Waals surface area contributed by atoms with Gasteiger partial charge in [0.1, 0.15) is 0 Å². The van der Waals surface area contributed by atoms with E-state index in [1.807, 2.05) is 0 Å². The van der Waals surface area contributed by atoms with E-state index in [4.69, 9.17) is 5.11 Å². The van der Waals surface area contributed by atoms with E-state index in [9.17, 15) is 0 Å². The van der Waals surface area contributed by atoms with Gasteiger partial charge in [-0.05, 0) is 22.9 Å². The summed E-state index contributed by atoms with van der Waals surface area (Å²) < 4.78 is 0. The lowest BCUT2D eigenvalue weighted by Crippen LogP contribution is -2.22. The summed E-state index contributed by atoms with van der Waals surface area (Å²) >= 11 is 1.78. The van der Waals surface area contributed by atoms with E-state index in [0.29, 0.717) is 0 Å². The third kappa shape index (κ3) is 1.20. The average Bonchev–Trinajstić information content (AvgIpc) is 2.47. The van der Waals surface area contributed by atoms with Crippen molar-refractivity contribution in [3.05, 3.63) is 21.4 Å². The molecule has 0 aliphatic carbocycles. The zero-order chi connectivity index (χ0) is 7.68. The molecule has 0 unspecified atom stereocenters. The minimum absolute atomic E-state index is 0.188. The van der Waals surface area contributed by atoms with Gasteiger partial charge < -0.3 is 10.4 Å². The number of hydrogen-bond acceptors (Lipinski definition) is 3. The van der Waals surface area contributed by atoms with E-state index in [1.54, 1.807) is 11.3 Å². The van der Waals surface area contributed by atoms with E-state index in [-0.39, 0.29) is 6.61 Å². The molecule has 1 aromatic rings. The van der Waals surface area contributed by atoms with Crippen LogP contribution in [0.2, 0.25) is 0 Å². The second kappa shape index (κ2) is 2.93. The van der Waals surface area contributed by atoms with Crippen molar-refractivity contribution < 1.29 is 5.11 Å². The predicted molar refractivity (Wildman–Crippen MR) is 45.7 cm³/mol. The molecule has 2 N–H and O–H groups in total. The third-order valence-electron chi connectivity index (χ3n) is 2.07. The van der Waals surface area contributed by atoms with Crippen LogP contribution in [0.25, 0.3) is 0 Å². The molecule has 0 saturated heterocycles. The Kier molecular flexibility index (Phi) is 1.94. The minimum Gasteiger partial charge on any atom is -0.392 e. The summed E-state index contributed by atoms with van der Waals surface area (Å²) in [6, 6.07) is 0. The summed E-state index contributed by atoms with van der Waals surface area (Å²) in [5.41, 5.74) is 2.45. The van der Waals surface area contributed by atoms with Crippen LogP contribution in [-0.2, 0) is 19.6 Å². The highest BCUT2D eigenvalue weighted by atomic mass is 32.1. The first-order valence-electron chi connectivity index (χ1n) is 3.81. The summed E-state index contributed by atoms with van der Waals surface area (Å²) in [4.78, 5) is 1.45. The van der Waals surface area contributed by atoms with Crippen molar-refractivity contribution in [2.75, 3.05) is 6.54 Å². The van der Waals surface area contributed by atoms with Crippen LogP contribution in [0.1, 0.15) is 16.0 Å². The molecule has 0 spiro atoms. The molecule has 60 valence electrons. The molecule has 3 heteroatoms.